The van der Waals surface area contributed by atoms with Crippen molar-refractivity contribution in [1.82, 2.24) is 15.3 Å². The van der Waals surface area contributed by atoms with Gasteiger partial charge in [-0.1, -0.05) is 39.3 Å². The smallest absolute Gasteiger partial charge is 0.237 e. The summed E-state index contributed by atoms with van der Waals surface area (Å²) in [7, 11) is 0. The van der Waals surface area contributed by atoms with Crippen molar-refractivity contribution in [3.8, 4) is 0 Å². The van der Waals surface area contributed by atoms with Gasteiger partial charge in [-0.15, -0.1) is 24.8 Å². The first-order valence-electron chi connectivity index (χ1n) is 7.53. The molecule has 0 bridgehead atoms. The molecular weight excluding hydrogens is 335 g/mol. The van der Waals surface area contributed by atoms with E-state index in [1.807, 2.05) is 31.2 Å². The number of nitrogens with zero attached hydrogens (tertiary/aromatic N) is 1. The lowest BCUT2D eigenvalue weighted by atomic mass is 10.0. The van der Waals surface area contributed by atoms with Gasteiger partial charge in [0.15, 0.2) is 0 Å². The third-order valence-corrected chi connectivity index (χ3v) is 3.60. The van der Waals surface area contributed by atoms with Crippen LogP contribution in [0.3, 0.4) is 0 Å². The standard InChI is InChI=1S/C16H24N4O.2ClH/c1-4-7-11(17)16(21)20-14(10(2)3)15-18-12-8-5-6-9-13(12)19-15;;/h5-6,8-11,14H,4,7,17H2,1-3H3,(H,18,19)(H,20,21);2*1H. The first-order valence-corrected chi connectivity index (χ1v) is 7.53. The Bertz CT molecular complexity index is 582. The second-order valence-corrected chi connectivity index (χ2v) is 5.76. The van der Waals surface area contributed by atoms with Gasteiger partial charge in [-0.3, -0.25) is 4.79 Å². The molecule has 0 saturated heterocycles. The first-order chi connectivity index (χ1) is 10.0. The zero-order chi connectivity index (χ0) is 15.4. The van der Waals surface area contributed by atoms with E-state index in [9.17, 15) is 4.79 Å². The van der Waals surface area contributed by atoms with Gasteiger partial charge in [0.05, 0.1) is 23.1 Å². The summed E-state index contributed by atoms with van der Waals surface area (Å²) in [6, 6.07) is 7.23. The van der Waals surface area contributed by atoms with Crippen molar-refractivity contribution in [1.29, 1.82) is 0 Å². The second kappa shape index (κ2) is 9.75. The number of benzene rings is 1. The van der Waals surface area contributed by atoms with E-state index in [1.54, 1.807) is 0 Å². The number of hydrogen-bond acceptors (Lipinski definition) is 3. The van der Waals surface area contributed by atoms with Crippen molar-refractivity contribution in [2.75, 3.05) is 0 Å². The van der Waals surface area contributed by atoms with Crippen LogP contribution in [0.5, 0.6) is 0 Å². The molecule has 1 amide bonds. The fraction of sp³-hybridized carbons (Fsp3) is 0.500. The van der Waals surface area contributed by atoms with Gasteiger partial charge in [0.25, 0.3) is 0 Å². The summed E-state index contributed by atoms with van der Waals surface area (Å²) >= 11 is 0. The number of H-pyrrole nitrogens is 1. The molecule has 130 valence electrons. The highest BCUT2D eigenvalue weighted by Gasteiger charge is 2.24. The Balaban J connectivity index is 0.00000242. The first kappa shape index (κ1) is 21.7. The van der Waals surface area contributed by atoms with E-state index in [4.69, 9.17) is 5.73 Å². The summed E-state index contributed by atoms with van der Waals surface area (Å²) in [6.07, 6.45) is 1.59. The molecule has 0 aliphatic heterocycles. The van der Waals surface area contributed by atoms with Gasteiger partial charge in [-0.05, 0) is 24.5 Å². The Morgan fingerprint density at radius 2 is 1.96 bits per heavy atom. The Kier molecular flexibility index (Phi) is 9.20. The molecule has 2 rings (SSSR count). The van der Waals surface area contributed by atoms with E-state index in [1.165, 1.54) is 0 Å². The number of aromatic amines is 1. The maximum Gasteiger partial charge on any atom is 0.237 e. The number of nitrogens with one attached hydrogen (secondary N) is 2. The van der Waals surface area contributed by atoms with Crippen molar-refractivity contribution >= 4 is 41.8 Å². The molecule has 4 N–H and O–H groups in total. The number of fused-ring (bicyclic) bond motifs is 1. The topological polar surface area (TPSA) is 83.8 Å². The van der Waals surface area contributed by atoms with Gasteiger partial charge < -0.3 is 16.0 Å². The molecule has 0 aliphatic carbocycles. The number of nitrogens with two attached hydrogens (primary N) is 1. The van der Waals surface area contributed by atoms with Crippen LogP contribution in [0.4, 0.5) is 0 Å². The van der Waals surface area contributed by atoms with Crippen LogP contribution >= 0.6 is 24.8 Å². The zero-order valence-electron chi connectivity index (χ0n) is 13.7. The molecule has 1 aromatic heterocycles. The Labute approximate surface area is 149 Å². The SMILES string of the molecule is CCCC(N)C(=O)NC(c1nc2ccccc2[nH]1)C(C)C.Cl.Cl. The van der Waals surface area contributed by atoms with E-state index >= 15 is 0 Å². The minimum atomic E-state index is -0.458. The lowest BCUT2D eigenvalue weighted by molar-refractivity contribution is -0.123. The predicted molar refractivity (Wildman–Crippen MR) is 99.2 cm³/mol. The Hall–Kier alpha value is -1.30. The monoisotopic (exact) mass is 360 g/mol. The molecular formula is C16H26Cl2N4O. The average molecular weight is 361 g/mol. The summed E-state index contributed by atoms with van der Waals surface area (Å²) in [4.78, 5) is 20.0. The van der Waals surface area contributed by atoms with Crippen LogP contribution in [0.25, 0.3) is 11.0 Å². The van der Waals surface area contributed by atoms with Crippen LogP contribution in [0.15, 0.2) is 24.3 Å². The van der Waals surface area contributed by atoms with Gasteiger partial charge in [0, 0.05) is 0 Å². The van der Waals surface area contributed by atoms with Crippen molar-refractivity contribution in [2.24, 2.45) is 11.7 Å². The van der Waals surface area contributed by atoms with Gasteiger partial charge in [-0.25, -0.2) is 4.98 Å². The molecule has 2 atom stereocenters. The highest BCUT2D eigenvalue weighted by molar-refractivity contribution is 5.85. The van der Waals surface area contributed by atoms with Crippen LogP contribution in [-0.2, 0) is 4.79 Å². The Morgan fingerprint density at radius 1 is 1.30 bits per heavy atom. The number of aromatic nitrogens is 2. The molecule has 1 aromatic carbocycles. The van der Waals surface area contributed by atoms with Gasteiger partial charge in [0.1, 0.15) is 5.82 Å². The van der Waals surface area contributed by atoms with Gasteiger partial charge >= 0.3 is 0 Å². The van der Waals surface area contributed by atoms with Crippen molar-refractivity contribution < 1.29 is 4.79 Å². The zero-order valence-corrected chi connectivity index (χ0v) is 15.3. The number of carbonyl (C=O) groups is 1. The van der Waals surface area contributed by atoms with E-state index in [-0.39, 0.29) is 42.7 Å². The van der Waals surface area contributed by atoms with Crippen molar-refractivity contribution in [2.45, 2.75) is 45.7 Å². The molecule has 0 saturated carbocycles. The molecule has 0 fully saturated rings. The number of para-hydroxylation sites is 2. The predicted octanol–water partition coefficient (Wildman–Crippen LogP) is 3.35. The summed E-state index contributed by atoms with van der Waals surface area (Å²) in [5.41, 5.74) is 7.77. The minimum absolute atomic E-state index is 0. The number of halogens is 2. The number of carbonyl (C=O) groups excluding carboxylic acids is 1. The van der Waals surface area contributed by atoms with Gasteiger partial charge in [-0.2, -0.15) is 0 Å². The third-order valence-electron chi connectivity index (χ3n) is 3.60. The number of rotatable bonds is 6. The van der Waals surface area contributed by atoms with Crippen molar-refractivity contribution in [3.05, 3.63) is 30.1 Å². The molecule has 23 heavy (non-hydrogen) atoms. The molecule has 0 radical (unpaired) electrons. The van der Waals surface area contributed by atoms with E-state index in [0.717, 1.165) is 23.3 Å². The average Bonchev–Trinajstić information content (AvgIpc) is 2.87. The molecule has 5 nitrogen and oxygen atoms in total. The molecule has 0 spiro atoms. The molecule has 1 heterocycles. The summed E-state index contributed by atoms with van der Waals surface area (Å²) in [5.74, 6) is 0.891. The number of hydrogen-bond donors (Lipinski definition) is 3. The van der Waals surface area contributed by atoms with E-state index in [0.29, 0.717) is 6.42 Å². The summed E-state index contributed by atoms with van der Waals surface area (Å²) in [6.45, 7) is 6.14. The summed E-state index contributed by atoms with van der Waals surface area (Å²) in [5, 5.41) is 3.02. The van der Waals surface area contributed by atoms with Crippen LogP contribution in [0.1, 0.15) is 45.5 Å². The molecule has 7 heteroatoms. The second-order valence-electron chi connectivity index (χ2n) is 5.76. The maximum atomic E-state index is 12.2. The molecule has 2 aromatic rings. The quantitative estimate of drug-likeness (QED) is 0.738. The fourth-order valence-corrected chi connectivity index (χ4v) is 2.37. The van der Waals surface area contributed by atoms with E-state index < -0.39 is 6.04 Å². The lowest BCUT2D eigenvalue weighted by Crippen LogP contribution is -2.43. The van der Waals surface area contributed by atoms with E-state index in [2.05, 4.69) is 29.1 Å². The number of imidazole rings is 1. The highest BCUT2D eigenvalue weighted by atomic mass is 35.5. The lowest BCUT2D eigenvalue weighted by Gasteiger charge is -2.22. The van der Waals surface area contributed by atoms with Crippen LogP contribution in [0, 0.1) is 5.92 Å². The normalized spacial score (nSPS) is 13.1. The van der Waals surface area contributed by atoms with Crippen LogP contribution < -0.4 is 11.1 Å². The maximum absolute atomic E-state index is 12.2. The molecule has 2 unspecified atom stereocenters. The van der Waals surface area contributed by atoms with Gasteiger partial charge in [0.2, 0.25) is 5.91 Å². The fourth-order valence-electron chi connectivity index (χ4n) is 2.37. The summed E-state index contributed by atoms with van der Waals surface area (Å²) < 4.78 is 0. The third kappa shape index (κ3) is 5.37. The van der Waals surface area contributed by atoms with Crippen LogP contribution in [-0.4, -0.2) is 21.9 Å². The largest absolute Gasteiger partial charge is 0.345 e. The Morgan fingerprint density at radius 3 is 2.52 bits per heavy atom. The van der Waals surface area contributed by atoms with Crippen LogP contribution in [0.2, 0.25) is 0 Å². The number of amides is 1. The van der Waals surface area contributed by atoms with Crippen molar-refractivity contribution in [3.63, 3.8) is 0 Å². The highest BCUT2D eigenvalue weighted by Crippen LogP contribution is 2.22. The minimum Gasteiger partial charge on any atom is -0.345 e. The molecule has 0 aliphatic rings.